The highest BCUT2D eigenvalue weighted by molar-refractivity contribution is 6.34. The van der Waals surface area contributed by atoms with E-state index < -0.39 is 0 Å². The molecule has 4 nitrogen and oxygen atoms in total. The molecule has 0 aliphatic heterocycles. The number of nitrogen functional groups attached to an aromatic ring is 1. The molecule has 1 amide bonds. The van der Waals surface area contributed by atoms with Gasteiger partial charge in [-0.25, -0.2) is 6.57 Å². The SMILES string of the molecule is [C-]#[N+]CC(=O)Nc1ccc(N)cc1Cl. The summed E-state index contributed by atoms with van der Waals surface area (Å²) in [5.41, 5.74) is 6.46. The van der Waals surface area contributed by atoms with E-state index in [0.29, 0.717) is 16.4 Å². The van der Waals surface area contributed by atoms with Crippen LogP contribution in [0.5, 0.6) is 0 Å². The van der Waals surface area contributed by atoms with Crippen LogP contribution in [0, 0.1) is 6.57 Å². The first kappa shape index (κ1) is 10.4. The molecule has 0 aliphatic rings. The quantitative estimate of drug-likeness (QED) is 0.576. The number of amides is 1. The highest BCUT2D eigenvalue weighted by Gasteiger charge is 2.07. The highest BCUT2D eigenvalue weighted by atomic mass is 35.5. The van der Waals surface area contributed by atoms with Crippen LogP contribution in [0.1, 0.15) is 0 Å². The zero-order valence-corrected chi connectivity index (χ0v) is 8.01. The summed E-state index contributed by atoms with van der Waals surface area (Å²) in [5, 5.41) is 2.86. The van der Waals surface area contributed by atoms with Crippen LogP contribution in [-0.4, -0.2) is 12.5 Å². The van der Waals surface area contributed by atoms with Crippen LogP contribution < -0.4 is 11.1 Å². The second kappa shape index (κ2) is 4.49. The Bertz CT molecular complexity index is 398. The van der Waals surface area contributed by atoms with Crippen LogP contribution in [0.15, 0.2) is 18.2 Å². The van der Waals surface area contributed by atoms with E-state index in [1.807, 2.05) is 0 Å². The molecule has 0 aliphatic carbocycles. The molecule has 0 atom stereocenters. The number of carbonyl (C=O) groups excluding carboxylic acids is 1. The fourth-order valence-electron chi connectivity index (χ4n) is 0.894. The van der Waals surface area contributed by atoms with Gasteiger partial charge in [0.05, 0.1) is 10.7 Å². The first-order chi connectivity index (χ1) is 6.63. The third kappa shape index (κ3) is 2.64. The Morgan fingerprint density at radius 1 is 1.64 bits per heavy atom. The van der Waals surface area contributed by atoms with E-state index in [9.17, 15) is 4.79 Å². The van der Waals surface area contributed by atoms with Gasteiger partial charge in [0.15, 0.2) is 0 Å². The Morgan fingerprint density at radius 3 is 2.93 bits per heavy atom. The Kier molecular flexibility index (Phi) is 3.32. The summed E-state index contributed by atoms with van der Waals surface area (Å²) in [4.78, 5) is 14.0. The van der Waals surface area contributed by atoms with Gasteiger partial charge < -0.3 is 15.9 Å². The largest absolute Gasteiger partial charge is 0.399 e. The average Bonchev–Trinajstić information content (AvgIpc) is 2.10. The van der Waals surface area contributed by atoms with Crippen molar-refractivity contribution in [2.45, 2.75) is 0 Å². The van der Waals surface area contributed by atoms with E-state index in [4.69, 9.17) is 23.9 Å². The molecule has 5 heteroatoms. The summed E-state index contributed by atoms with van der Waals surface area (Å²) < 4.78 is 0. The maximum atomic E-state index is 11.0. The molecule has 0 heterocycles. The highest BCUT2D eigenvalue weighted by Crippen LogP contribution is 2.23. The third-order valence-electron chi connectivity index (χ3n) is 1.49. The number of hydrogen-bond donors (Lipinski definition) is 2. The maximum Gasteiger partial charge on any atom is 0.304 e. The van der Waals surface area contributed by atoms with Gasteiger partial charge >= 0.3 is 5.91 Å². The molecule has 14 heavy (non-hydrogen) atoms. The fraction of sp³-hybridized carbons (Fsp3) is 0.111. The molecule has 0 radical (unpaired) electrons. The van der Waals surface area contributed by atoms with Crippen molar-refractivity contribution in [3.63, 3.8) is 0 Å². The number of anilines is 2. The molecule has 1 rings (SSSR count). The van der Waals surface area contributed by atoms with Gasteiger partial charge in [-0.05, 0) is 18.2 Å². The second-order valence-electron chi connectivity index (χ2n) is 2.60. The number of nitrogens with zero attached hydrogens (tertiary/aromatic N) is 1. The summed E-state index contributed by atoms with van der Waals surface area (Å²) in [6.07, 6.45) is 0. The summed E-state index contributed by atoms with van der Waals surface area (Å²) in [5.74, 6) is -0.383. The Labute approximate surface area is 86.5 Å². The molecule has 0 saturated heterocycles. The van der Waals surface area contributed by atoms with E-state index in [-0.39, 0.29) is 12.5 Å². The van der Waals surface area contributed by atoms with E-state index in [0.717, 1.165) is 0 Å². The molecule has 0 saturated carbocycles. The van der Waals surface area contributed by atoms with Crippen LogP contribution in [0.2, 0.25) is 5.02 Å². The summed E-state index contributed by atoms with van der Waals surface area (Å²) >= 11 is 5.80. The van der Waals surface area contributed by atoms with E-state index >= 15 is 0 Å². The summed E-state index contributed by atoms with van der Waals surface area (Å²) in [7, 11) is 0. The lowest BCUT2D eigenvalue weighted by Gasteiger charge is -2.04. The van der Waals surface area contributed by atoms with Crippen molar-refractivity contribution in [1.82, 2.24) is 0 Å². The molecule has 0 spiro atoms. The zero-order chi connectivity index (χ0) is 10.6. The standard InChI is InChI=1S/C9H8ClN3O/c1-12-5-9(14)13-8-3-2-6(11)4-7(8)10/h2-4H,5,11H2,(H,13,14). The number of benzene rings is 1. The van der Waals surface area contributed by atoms with Gasteiger partial charge in [0, 0.05) is 5.69 Å². The lowest BCUT2D eigenvalue weighted by Crippen LogP contribution is -2.14. The first-order valence-corrected chi connectivity index (χ1v) is 4.19. The van der Waals surface area contributed by atoms with E-state index in [1.54, 1.807) is 12.1 Å². The fourth-order valence-corrected chi connectivity index (χ4v) is 1.13. The van der Waals surface area contributed by atoms with Crippen LogP contribution in [-0.2, 0) is 4.79 Å². The average molecular weight is 210 g/mol. The second-order valence-corrected chi connectivity index (χ2v) is 3.01. The van der Waals surface area contributed by atoms with Crippen LogP contribution in [0.25, 0.3) is 4.85 Å². The predicted molar refractivity (Wildman–Crippen MR) is 56.0 cm³/mol. The minimum absolute atomic E-state index is 0.208. The molecular formula is C9H8ClN3O. The lowest BCUT2D eigenvalue weighted by molar-refractivity contribution is -0.114. The first-order valence-electron chi connectivity index (χ1n) is 3.81. The van der Waals surface area contributed by atoms with Gasteiger partial charge in [-0.3, -0.25) is 4.79 Å². The molecular weight excluding hydrogens is 202 g/mol. The van der Waals surface area contributed by atoms with Crippen LogP contribution in [0.4, 0.5) is 11.4 Å². The number of rotatable bonds is 2. The number of halogens is 1. The van der Waals surface area contributed by atoms with Gasteiger partial charge in [0.2, 0.25) is 0 Å². The normalized spacial score (nSPS) is 9.14. The van der Waals surface area contributed by atoms with Crippen molar-refractivity contribution in [2.75, 3.05) is 17.6 Å². The van der Waals surface area contributed by atoms with Crippen molar-refractivity contribution in [3.8, 4) is 0 Å². The number of nitrogens with two attached hydrogens (primary N) is 1. The third-order valence-corrected chi connectivity index (χ3v) is 1.80. The number of carbonyl (C=O) groups is 1. The van der Waals surface area contributed by atoms with Crippen molar-refractivity contribution in [1.29, 1.82) is 0 Å². The molecule has 0 fully saturated rings. The Hall–Kier alpha value is -1.73. The summed E-state index contributed by atoms with van der Waals surface area (Å²) in [6.45, 7) is 6.29. The predicted octanol–water partition coefficient (Wildman–Crippen LogP) is 1.78. The van der Waals surface area contributed by atoms with Crippen molar-refractivity contribution in [2.24, 2.45) is 0 Å². The van der Waals surface area contributed by atoms with Gasteiger partial charge in [0.1, 0.15) is 0 Å². The molecule has 0 aromatic heterocycles. The molecule has 72 valence electrons. The molecule has 3 N–H and O–H groups in total. The Morgan fingerprint density at radius 2 is 2.36 bits per heavy atom. The van der Waals surface area contributed by atoms with Gasteiger partial charge in [-0.15, -0.1) is 0 Å². The minimum atomic E-state index is -0.383. The molecule has 1 aromatic carbocycles. The van der Waals surface area contributed by atoms with Gasteiger partial charge in [-0.2, -0.15) is 0 Å². The monoisotopic (exact) mass is 209 g/mol. The smallest absolute Gasteiger partial charge is 0.304 e. The zero-order valence-electron chi connectivity index (χ0n) is 7.25. The minimum Gasteiger partial charge on any atom is -0.399 e. The van der Waals surface area contributed by atoms with Crippen molar-refractivity contribution in [3.05, 3.63) is 34.6 Å². The molecule has 1 aromatic rings. The molecule has 0 unspecified atom stereocenters. The topological polar surface area (TPSA) is 59.5 Å². The number of nitrogens with one attached hydrogen (secondary N) is 1. The van der Waals surface area contributed by atoms with E-state index in [2.05, 4.69) is 10.2 Å². The van der Waals surface area contributed by atoms with Crippen LogP contribution >= 0.6 is 11.6 Å². The number of hydrogen-bond acceptors (Lipinski definition) is 2. The molecule has 0 bridgehead atoms. The van der Waals surface area contributed by atoms with Gasteiger partial charge in [0.25, 0.3) is 6.54 Å². The van der Waals surface area contributed by atoms with Crippen LogP contribution in [0.3, 0.4) is 0 Å². The maximum absolute atomic E-state index is 11.0. The van der Waals surface area contributed by atoms with Gasteiger partial charge in [-0.1, -0.05) is 11.6 Å². The van der Waals surface area contributed by atoms with Crippen molar-refractivity contribution < 1.29 is 4.79 Å². The lowest BCUT2D eigenvalue weighted by atomic mass is 10.3. The Balaban J connectivity index is 2.78. The summed E-state index contributed by atoms with van der Waals surface area (Å²) in [6, 6.07) is 4.76. The van der Waals surface area contributed by atoms with E-state index in [1.165, 1.54) is 6.07 Å². The van der Waals surface area contributed by atoms with Crippen molar-refractivity contribution >= 4 is 28.9 Å².